The molecule has 1 N–H and O–H groups in total. The first-order valence-corrected chi connectivity index (χ1v) is 9.27. The van der Waals surface area contributed by atoms with E-state index in [1.807, 2.05) is 85.8 Å². The van der Waals surface area contributed by atoms with Crippen molar-refractivity contribution in [3.05, 3.63) is 90.0 Å². The van der Waals surface area contributed by atoms with Gasteiger partial charge in [-0.3, -0.25) is 4.79 Å². The molecule has 26 heavy (non-hydrogen) atoms. The zero-order valence-corrected chi connectivity index (χ0v) is 15.6. The Morgan fingerprint density at radius 1 is 0.962 bits per heavy atom. The van der Waals surface area contributed by atoms with Gasteiger partial charge in [-0.2, -0.15) is 0 Å². The minimum absolute atomic E-state index is 0.0767. The second-order valence-corrected chi connectivity index (χ2v) is 7.09. The maximum atomic E-state index is 13.1. The van der Waals surface area contributed by atoms with E-state index in [-0.39, 0.29) is 11.2 Å². The van der Waals surface area contributed by atoms with E-state index in [0.29, 0.717) is 11.4 Å². The van der Waals surface area contributed by atoms with Gasteiger partial charge in [0.1, 0.15) is 11.0 Å². The third-order valence-corrected chi connectivity index (χ3v) is 5.22. The molecule has 3 rings (SSSR count). The second kappa shape index (κ2) is 8.59. The molecule has 0 saturated carbocycles. The molecule has 3 nitrogen and oxygen atoms in total. The Morgan fingerprint density at radius 3 is 2.27 bits per heavy atom. The Balaban J connectivity index is 1.88. The third-order valence-electron chi connectivity index (χ3n) is 3.95. The number of anilines is 1. The number of thioether (sulfide) groups is 1. The minimum Gasteiger partial charge on any atom is -0.495 e. The lowest BCUT2D eigenvalue weighted by Crippen LogP contribution is -2.19. The number of benzene rings is 3. The molecule has 0 aliphatic carbocycles. The first kappa shape index (κ1) is 18.1. The number of amides is 1. The normalized spacial score (nSPS) is 11.6. The van der Waals surface area contributed by atoms with Gasteiger partial charge in [0, 0.05) is 4.90 Å². The van der Waals surface area contributed by atoms with Crippen LogP contribution in [0.1, 0.15) is 16.4 Å². The quantitative estimate of drug-likeness (QED) is 0.590. The maximum absolute atomic E-state index is 13.1. The summed E-state index contributed by atoms with van der Waals surface area (Å²) < 4.78 is 5.41. The highest BCUT2D eigenvalue weighted by molar-refractivity contribution is 8.00. The van der Waals surface area contributed by atoms with Crippen LogP contribution in [0.3, 0.4) is 0 Å². The van der Waals surface area contributed by atoms with Crippen molar-refractivity contribution in [2.45, 2.75) is 17.1 Å². The number of rotatable bonds is 6. The van der Waals surface area contributed by atoms with Crippen LogP contribution in [0.4, 0.5) is 5.69 Å². The summed E-state index contributed by atoms with van der Waals surface area (Å²) in [4.78, 5) is 14.1. The molecular formula is C22H21NO2S. The second-order valence-electron chi connectivity index (χ2n) is 5.91. The molecule has 1 unspecified atom stereocenters. The van der Waals surface area contributed by atoms with Crippen molar-refractivity contribution >= 4 is 23.4 Å². The van der Waals surface area contributed by atoms with Crippen LogP contribution in [0.5, 0.6) is 5.75 Å². The summed E-state index contributed by atoms with van der Waals surface area (Å²) in [6.45, 7) is 1.99. The van der Waals surface area contributed by atoms with Crippen molar-refractivity contribution in [2.75, 3.05) is 12.4 Å². The zero-order valence-electron chi connectivity index (χ0n) is 14.8. The lowest BCUT2D eigenvalue weighted by atomic mass is 10.1. The Labute approximate surface area is 158 Å². The molecule has 0 aliphatic heterocycles. The van der Waals surface area contributed by atoms with Crippen LogP contribution in [0.2, 0.25) is 0 Å². The van der Waals surface area contributed by atoms with Crippen molar-refractivity contribution in [3.63, 3.8) is 0 Å². The van der Waals surface area contributed by atoms with Gasteiger partial charge in [-0.25, -0.2) is 0 Å². The van der Waals surface area contributed by atoms with Crippen molar-refractivity contribution in [1.82, 2.24) is 0 Å². The zero-order chi connectivity index (χ0) is 18.4. The van der Waals surface area contributed by atoms with Crippen molar-refractivity contribution in [3.8, 4) is 5.75 Å². The van der Waals surface area contributed by atoms with E-state index >= 15 is 0 Å². The summed E-state index contributed by atoms with van der Waals surface area (Å²) in [6.07, 6.45) is 0. The fraction of sp³-hybridized carbons (Fsp3) is 0.136. The summed E-state index contributed by atoms with van der Waals surface area (Å²) in [6, 6.07) is 25.5. The number of nitrogens with one attached hydrogen (secondary N) is 1. The minimum atomic E-state index is -0.357. The van der Waals surface area contributed by atoms with Crippen LogP contribution in [0.15, 0.2) is 83.8 Å². The summed E-state index contributed by atoms with van der Waals surface area (Å²) in [5.74, 6) is 0.585. The van der Waals surface area contributed by atoms with Crippen LogP contribution >= 0.6 is 11.8 Å². The standard InChI is InChI=1S/C22H21NO2S/c1-16-13-14-19(20(15-16)25-2)23-22(24)21(17-9-5-3-6-10-17)26-18-11-7-4-8-12-18/h3-15,21H,1-2H3,(H,23,24). The summed E-state index contributed by atoms with van der Waals surface area (Å²) in [5, 5.41) is 2.67. The molecule has 0 bridgehead atoms. The number of methoxy groups -OCH3 is 1. The predicted molar refractivity (Wildman–Crippen MR) is 108 cm³/mol. The van der Waals surface area contributed by atoms with Gasteiger partial charge in [-0.05, 0) is 42.3 Å². The van der Waals surface area contributed by atoms with Gasteiger partial charge in [-0.15, -0.1) is 11.8 Å². The fourth-order valence-electron chi connectivity index (χ4n) is 2.64. The molecule has 0 spiro atoms. The fourth-order valence-corrected chi connectivity index (χ4v) is 3.68. The molecule has 132 valence electrons. The van der Waals surface area contributed by atoms with E-state index in [9.17, 15) is 4.79 Å². The summed E-state index contributed by atoms with van der Waals surface area (Å²) in [5.41, 5.74) is 2.72. The van der Waals surface area contributed by atoms with Crippen LogP contribution in [-0.2, 0) is 4.79 Å². The average molecular weight is 363 g/mol. The van der Waals surface area contributed by atoms with E-state index in [2.05, 4.69) is 5.32 Å². The van der Waals surface area contributed by atoms with Gasteiger partial charge in [0.05, 0.1) is 12.8 Å². The first-order chi connectivity index (χ1) is 12.7. The predicted octanol–water partition coefficient (Wildman–Crippen LogP) is 5.48. The van der Waals surface area contributed by atoms with E-state index in [4.69, 9.17) is 4.74 Å². The van der Waals surface area contributed by atoms with Crippen LogP contribution in [0, 0.1) is 6.92 Å². The topological polar surface area (TPSA) is 38.3 Å². The van der Waals surface area contributed by atoms with Gasteiger partial charge >= 0.3 is 0 Å². The molecule has 1 amide bonds. The lowest BCUT2D eigenvalue weighted by Gasteiger charge is -2.18. The first-order valence-electron chi connectivity index (χ1n) is 8.39. The highest BCUT2D eigenvalue weighted by atomic mass is 32.2. The summed E-state index contributed by atoms with van der Waals surface area (Å²) >= 11 is 1.53. The van der Waals surface area contributed by atoms with Crippen LogP contribution in [0.25, 0.3) is 0 Å². The molecule has 3 aromatic carbocycles. The molecule has 0 aliphatic rings. The number of hydrogen-bond acceptors (Lipinski definition) is 3. The monoisotopic (exact) mass is 363 g/mol. The van der Waals surface area contributed by atoms with Crippen molar-refractivity contribution < 1.29 is 9.53 Å². The molecular weight excluding hydrogens is 342 g/mol. The molecule has 0 radical (unpaired) electrons. The number of hydrogen-bond donors (Lipinski definition) is 1. The Bertz CT molecular complexity index is 866. The lowest BCUT2D eigenvalue weighted by molar-refractivity contribution is -0.115. The van der Waals surface area contributed by atoms with Gasteiger partial charge < -0.3 is 10.1 Å². The average Bonchev–Trinajstić information content (AvgIpc) is 2.69. The highest BCUT2D eigenvalue weighted by Crippen LogP contribution is 2.37. The Kier molecular flexibility index (Phi) is 5.97. The third kappa shape index (κ3) is 4.46. The van der Waals surface area contributed by atoms with Crippen molar-refractivity contribution in [1.29, 1.82) is 0 Å². The SMILES string of the molecule is COc1cc(C)ccc1NC(=O)C(Sc1ccccc1)c1ccccc1. The van der Waals surface area contributed by atoms with E-state index in [0.717, 1.165) is 16.0 Å². The molecule has 4 heteroatoms. The number of ether oxygens (including phenoxy) is 1. The summed E-state index contributed by atoms with van der Waals surface area (Å²) in [7, 11) is 1.61. The molecule has 0 saturated heterocycles. The number of carbonyl (C=O) groups excluding carboxylic acids is 1. The smallest absolute Gasteiger partial charge is 0.242 e. The van der Waals surface area contributed by atoms with Gasteiger partial charge in [0.15, 0.2) is 0 Å². The Morgan fingerprint density at radius 2 is 1.62 bits per heavy atom. The van der Waals surface area contributed by atoms with Gasteiger partial charge in [-0.1, -0.05) is 54.6 Å². The van der Waals surface area contributed by atoms with E-state index < -0.39 is 0 Å². The van der Waals surface area contributed by atoms with E-state index in [1.54, 1.807) is 7.11 Å². The van der Waals surface area contributed by atoms with Crippen LogP contribution < -0.4 is 10.1 Å². The number of carbonyl (C=O) groups is 1. The molecule has 3 aromatic rings. The molecule has 0 aromatic heterocycles. The highest BCUT2D eigenvalue weighted by Gasteiger charge is 2.23. The van der Waals surface area contributed by atoms with Crippen molar-refractivity contribution in [2.24, 2.45) is 0 Å². The maximum Gasteiger partial charge on any atom is 0.242 e. The Hall–Kier alpha value is -2.72. The largest absolute Gasteiger partial charge is 0.495 e. The van der Waals surface area contributed by atoms with Gasteiger partial charge in [0.25, 0.3) is 0 Å². The molecule has 1 atom stereocenters. The molecule has 0 heterocycles. The molecule has 0 fully saturated rings. The van der Waals surface area contributed by atoms with E-state index in [1.165, 1.54) is 11.8 Å². The van der Waals surface area contributed by atoms with Crippen LogP contribution in [-0.4, -0.2) is 13.0 Å². The number of aryl methyl sites for hydroxylation is 1. The van der Waals surface area contributed by atoms with Gasteiger partial charge in [0.2, 0.25) is 5.91 Å².